The predicted molar refractivity (Wildman–Crippen MR) is 226 cm³/mol. The Hall–Kier alpha value is -1.67. The molecule has 0 radical (unpaired) electrons. The molecule has 0 saturated heterocycles. The van der Waals surface area contributed by atoms with Crippen LogP contribution in [0.4, 0.5) is 0 Å². The molecule has 14 heteroatoms. The zero-order chi connectivity index (χ0) is 42.9. The summed E-state index contributed by atoms with van der Waals surface area (Å²) in [6.07, 6.45) is 23.8. The van der Waals surface area contributed by atoms with E-state index in [2.05, 4.69) is 38.2 Å². The summed E-state index contributed by atoms with van der Waals surface area (Å²) in [5.74, 6) is -1.10. The summed E-state index contributed by atoms with van der Waals surface area (Å²) in [7, 11) is -5.11. The lowest BCUT2D eigenvalue weighted by molar-refractivity contribution is -0.220. The van der Waals surface area contributed by atoms with E-state index in [4.69, 9.17) is 18.5 Å². The van der Waals surface area contributed by atoms with Crippen LogP contribution in [0, 0.1) is 0 Å². The second kappa shape index (κ2) is 35.0. The van der Waals surface area contributed by atoms with Crippen molar-refractivity contribution in [1.29, 1.82) is 0 Å². The first kappa shape index (κ1) is 54.3. The minimum absolute atomic E-state index is 0.0985. The van der Waals surface area contributed by atoms with Crippen LogP contribution in [-0.4, -0.2) is 98.3 Å². The Labute approximate surface area is 349 Å². The van der Waals surface area contributed by atoms with Gasteiger partial charge in [0.25, 0.3) is 0 Å². The number of hydrogen-bond acceptors (Lipinski definition) is 12. The van der Waals surface area contributed by atoms with Crippen molar-refractivity contribution in [3.63, 3.8) is 0 Å². The molecule has 58 heavy (non-hydrogen) atoms. The van der Waals surface area contributed by atoms with Gasteiger partial charge in [-0.3, -0.25) is 18.6 Å². The highest BCUT2D eigenvalue weighted by Crippen LogP contribution is 2.47. The summed E-state index contributed by atoms with van der Waals surface area (Å²) in [5.41, 5.74) is 0. The van der Waals surface area contributed by atoms with E-state index in [1.807, 2.05) is 0 Å². The van der Waals surface area contributed by atoms with Crippen molar-refractivity contribution in [3.8, 4) is 0 Å². The number of hydrogen-bond donors (Lipinski definition) is 6. The van der Waals surface area contributed by atoms with Gasteiger partial charge in [0.2, 0.25) is 0 Å². The molecule has 1 aliphatic rings. The molecule has 340 valence electrons. The molecule has 0 aromatic rings. The number of aliphatic hydroxyl groups excluding tert-OH is 5. The number of ether oxygens (including phenoxy) is 2. The van der Waals surface area contributed by atoms with Crippen LogP contribution < -0.4 is 0 Å². The Morgan fingerprint density at radius 1 is 0.534 bits per heavy atom. The minimum atomic E-state index is -5.11. The molecule has 1 aliphatic carbocycles. The molecule has 0 aromatic carbocycles. The van der Waals surface area contributed by atoms with Crippen molar-refractivity contribution in [2.75, 3.05) is 13.2 Å². The quantitative estimate of drug-likeness (QED) is 0.0150. The van der Waals surface area contributed by atoms with Gasteiger partial charge in [0.15, 0.2) is 6.10 Å². The summed E-state index contributed by atoms with van der Waals surface area (Å²) < 4.78 is 33.5. The first-order valence-electron chi connectivity index (χ1n) is 22.6. The monoisotopic (exact) mass is 849 g/mol. The predicted octanol–water partition coefficient (Wildman–Crippen LogP) is 8.45. The number of allylic oxidation sites excluding steroid dienone is 4. The molecule has 0 aliphatic heterocycles. The average Bonchev–Trinajstić information content (AvgIpc) is 3.20. The lowest BCUT2D eigenvalue weighted by Gasteiger charge is -2.41. The number of carbonyl (C=O) groups is 2. The smallest absolute Gasteiger partial charge is 0.462 e. The topological polar surface area (TPSA) is 210 Å². The normalized spacial score (nSPS) is 22.7. The van der Waals surface area contributed by atoms with Crippen molar-refractivity contribution in [2.24, 2.45) is 0 Å². The zero-order valence-corrected chi connectivity index (χ0v) is 36.7. The first-order chi connectivity index (χ1) is 27.9. The maximum absolute atomic E-state index is 12.8. The van der Waals surface area contributed by atoms with E-state index in [1.54, 1.807) is 0 Å². The molecule has 8 atom stereocenters. The van der Waals surface area contributed by atoms with E-state index >= 15 is 0 Å². The SMILES string of the molecule is CCCCC/C=C\C/C=C\CCCCCCCCCC(=O)OC[C@H](COP(=O)(O)OC1C(O)C(O)C(O)[C@@H](O)C1O)OC(=O)CCCCCCCCCCCCCC. The Bertz CT molecular complexity index is 1120. The van der Waals surface area contributed by atoms with Crippen LogP contribution in [0.3, 0.4) is 0 Å². The zero-order valence-electron chi connectivity index (χ0n) is 35.8. The third-order valence-corrected chi connectivity index (χ3v) is 11.5. The second-order valence-corrected chi connectivity index (χ2v) is 17.3. The maximum Gasteiger partial charge on any atom is 0.472 e. The fraction of sp³-hybridized carbons (Fsp3) is 0.864. The largest absolute Gasteiger partial charge is 0.472 e. The van der Waals surface area contributed by atoms with Gasteiger partial charge in [0.1, 0.15) is 43.2 Å². The molecule has 1 rings (SSSR count). The van der Waals surface area contributed by atoms with Gasteiger partial charge in [-0.25, -0.2) is 4.57 Å². The Morgan fingerprint density at radius 2 is 0.931 bits per heavy atom. The number of unbranched alkanes of at least 4 members (excludes halogenated alkanes) is 21. The average molecular weight is 849 g/mol. The van der Waals surface area contributed by atoms with Crippen LogP contribution in [0.15, 0.2) is 24.3 Å². The number of aliphatic hydroxyl groups is 5. The molecular weight excluding hydrogens is 767 g/mol. The maximum atomic E-state index is 12.8. The third kappa shape index (κ3) is 27.2. The number of esters is 2. The molecule has 13 nitrogen and oxygen atoms in total. The number of rotatable bonds is 37. The standard InChI is InChI=1S/C44H81O13P/c1-3-5-7-9-11-13-15-17-18-19-20-21-23-24-26-28-30-32-37(45)54-34-36(56-38(46)33-31-29-27-25-22-16-14-12-10-8-6-4-2)35-55-58(52,53)57-44-42(50)40(48)39(47)41(49)43(44)51/h11,13,17-18,36,39-44,47-51H,3-10,12,14-16,19-35H2,1-2H3,(H,52,53)/b13-11-,18-17-/t36-,39?,40-,41?,42?,43?,44?/m1/s1. The Morgan fingerprint density at radius 3 is 1.43 bits per heavy atom. The van der Waals surface area contributed by atoms with Gasteiger partial charge in [-0.05, 0) is 44.9 Å². The second-order valence-electron chi connectivity index (χ2n) is 15.9. The summed E-state index contributed by atoms with van der Waals surface area (Å²) in [6, 6.07) is 0. The van der Waals surface area contributed by atoms with Crippen LogP contribution in [0.25, 0.3) is 0 Å². The highest BCUT2D eigenvalue weighted by molar-refractivity contribution is 7.47. The molecule has 0 heterocycles. The van der Waals surface area contributed by atoms with Crippen molar-refractivity contribution in [1.82, 2.24) is 0 Å². The minimum Gasteiger partial charge on any atom is -0.462 e. The molecule has 0 spiro atoms. The molecule has 1 fully saturated rings. The van der Waals surface area contributed by atoms with Crippen molar-refractivity contribution < 1.29 is 63.1 Å². The highest BCUT2D eigenvalue weighted by Gasteiger charge is 2.51. The van der Waals surface area contributed by atoms with Gasteiger partial charge in [-0.2, -0.15) is 0 Å². The molecule has 0 aromatic heterocycles. The lowest BCUT2D eigenvalue weighted by atomic mass is 9.85. The van der Waals surface area contributed by atoms with Gasteiger partial charge in [-0.15, -0.1) is 0 Å². The van der Waals surface area contributed by atoms with Crippen molar-refractivity contribution in [2.45, 2.75) is 230 Å². The van der Waals surface area contributed by atoms with E-state index in [-0.39, 0.29) is 12.8 Å². The van der Waals surface area contributed by atoms with Crippen LogP contribution in [0.1, 0.15) is 187 Å². The van der Waals surface area contributed by atoms with Gasteiger partial charge < -0.3 is 39.9 Å². The van der Waals surface area contributed by atoms with E-state index < -0.39 is 75.7 Å². The highest BCUT2D eigenvalue weighted by atomic mass is 31.2. The number of phosphoric ester groups is 1. The molecular formula is C44H81O13P. The van der Waals surface area contributed by atoms with Crippen LogP contribution in [-0.2, 0) is 32.7 Å². The first-order valence-corrected chi connectivity index (χ1v) is 24.1. The van der Waals surface area contributed by atoms with Crippen molar-refractivity contribution >= 4 is 19.8 Å². The Balaban J connectivity index is 2.46. The fourth-order valence-corrected chi connectivity index (χ4v) is 7.82. The summed E-state index contributed by atoms with van der Waals surface area (Å²) in [5, 5.41) is 50.1. The van der Waals surface area contributed by atoms with Gasteiger partial charge in [-0.1, -0.05) is 154 Å². The lowest BCUT2D eigenvalue weighted by Crippen LogP contribution is -2.64. The van der Waals surface area contributed by atoms with E-state index in [9.17, 15) is 44.6 Å². The molecule has 0 bridgehead atoms. The van der Waals surface area contributed by atoms with Crippen LogP contribution in [0.5, 0.6) is 0 Å². The van der Waals surface area contributed by atoms with Crippen LogP contribution in [0.2, 0.25) is 0 Å². The summed E-state index contributed by atoms with van der Waals surface area (Å²) in [6.45, 7) is 3.26. The van der Waals surface area contributed by atoms with Gasteiger partial charge in [0, 0.05) is 12.8 Å². The molecule has 1 saturated carbocycles. The fourth-order valence-electron chi connectivity index (χ4n) is 6.85. The van der Waals surface area contributed by atoms with E-state index in [0.717, 1.165) is 70.6 Å². The molecule has 0 amide bonds. The van der Waals surface area contributed by atoms with E-state index in [1.165, 1.54) is 77.0 Å². The Kier molecular flexibility index (Phi) is 32.8. The van der Waals surface area contributed by atoms with Crippen molar-refractivity contribution in [3.05, 3.63) is 24.3 Å². The summed E-state index contributed by atoms with van der Waals surface area (Å²) in [4.78, 5) is 35.6. The molecule has 6 unspecified atom stereocenters. The van der Waals surface area contributed by atoms with Gasteiger partial charge >= 0.3 is 19.8 Å². The van der Waals surface area contributed by atoms with Gasteiger partial charge in [0.05, 0.1) is 6.61 Å². The summed E-state index contributed by atoms with van der Waals surface area (Å²) >= 11 is 0. The molecule has 6 N–H and O–H groups in total. The van der Waals surface area contributed by atoms with Crippen LogP contribution >= 0.6 is 7.82 Å². The van der Waals surface area contributed by atoms with E-state index in [0.29, 0.717) is 12.8 Å². The number of phosphoric acid groups is 1. The third-order valence-electron chi connectivity index (χ3n) is 10.5. The number of carbonyl (C=O) groups excluding carboxylic acids is 2.